The van der Waals surface area contributed by atoms with Crippen LogP contribution in [-0.2, 0) is 11.3 Å². The maximum Gasteiger partial charge on any atom is 0.260 e. The molecule has 21 heavy (non-hydrogen) atoms. The average molecular weight is 292 g/mol. The van der Waals surface area contributed by atoms with Crippen LogP contribution in [0.15, 0.2) is 12.1 Å². The minimum Gasteiger partial charge on any atom is -0.480 e. The van der Waals surface area contributed by atoms with Crippen molar-refractivity contribution in [3.8, 4) is 5.75 Å². The molecule has 1 aromatic carbocycles. The van der Waals surface area contributed by atoms with Crippen molar-refractivity contribution in [3.05, 3.63) is 28.8 Å². The molecule has 0 aromatic heterocycles. The highest BCUT2D eigenvalue weighted by atomic mass is 16.5. The highest BCUT2D eigenvalue weighted by Gasteiger charge is 2.16. The van der Waals surface area contributed by atoms with Crippen molar-refractivity contribution in [1.29, 1.82) is 0 Å². The molecule has 1 unspecified atom stereocenters. The summed E-state index contributed by atoms with van der Waals surface area (Å²) in [5, 5.41) is 6.18. The van der Waals surface area contributed by atoms with Crippen LogP contribution in [0.5, 0.6) is 5.75 Å². The van der Waals surface area contributed by atoms with Crippen molar-refractivity contribution in [3.63, 3.8) is 0 Å². The Balaban J connectivity index is 2.82. The van der Waals surface area contributed by atoms with Crippen LogP contribution in [-0.4, -0.2) is 24.6 Å². The van der Waals surface area contributed by atoms with E-state index in [2.05, 4.69) is 36.6 Å². The van der Waals surface area contributed by atoms with Crippen LogP contribution in [0, 0.1) is 13.8 Å². The lowest BCUT2D eigenvalue weighted by Crippen LogP contribution is -2.36. The lowest BCUT2D eigenvalue weighted by molar-refractivity contribution is -0.127. The molecule has 0 spiro atoms. The van der Waals surface area contributed by atoms with E-state index < -0.39 is 6.10 Å². The second-order valence-electron chi connectivity index (χ2n) is 5.75. The van der Waals surface area contributed by atoms with Crippen molar-refractivity contribution in [1.82, 2.24) is 10.6 Å². The molecule has 0 aliphatic rings. The molecule has 2 N–H and O–H groups in total. The summed E-state index contributed by atoms with van der Waals surface area (Å²) in [7, 11) is 0. The van der Waals surface area contributed by atoms with Crippen molar-refractivity contribution in [2.45, 2.75) is 60.2 Å². The third kappa shape index (κ3) is 5.38. The first-order chi connectivity index (χ1) is 9.85. The zero-order valence-corrected chi connectivity index (χ0v) is 14.0. The molecule has 118 valence electrons. The predicted octanol–water partition coefficient (Wildman–Crippen LogP) is 2.70. The molecule has 0 aliphatic heterocycles. The first kappa shape index (κ1) is 17.5. The number of hydrogen-bond donors (Lipinski definition) is 2. The maximum atomic E-state index is 11.8. The van der Waals surface area contributed by atoms with E-state index in [4.69, 9.17) is 4.74 Å². The smallest absolute Gasteiger partial charge is 0.260 e. The standard InChI is InChI=1S/C17H28N2O2/c1-7-18-17(20)14(6)21-16-12(4)8-15(9-13(16)5)10-19-11(2)3/h8-9,11,14,19H,7,10H2,1-6H3,(H,18,20). The van der Waals surface area contributed by atoms with Gasteiger partial charge in [-0.15, -0.1) is 0 Å². The molecule has 0 fully saturated rings. The molecule has 0 saturated heterocycles. The summed E-state index contributed by atoms with van der Waals surface area (Å²) in [5.41, 5.74) is 3.36. The van der Waals surface area contributed by atoms with Crippen molar-refractivity contribution >= 4 is 5.91 Å². The zero-order valence-electron chi connectivity index (χ0n) is 14.0. The molecule has 1 aromatic rings. The number of nitrogens with one attached hydrogen (secondary N) is 2. The van der Waals surface area contributed by atoms with Gasteiger partial charge in [-0.3, -0.25) is 4.79 Å². The van der Waals surface area contributed by atoms with E-state index >= 15 is 0 Å². The van der Waals surface area contributed by atoms with Gasteiger partial charge in [0.25, 0.3) is 5.91 Å². The van der Waals surface area contributed by atoms with Gasteiger partial charge in [-0.25, -0.2) is 0 Å². The monoisotopic (exact) mass is 292 g/mol. The van der Waals surface area contributed by atoms with E-state index in [9.17, 15) is 4.79 Å². The summed E-state index contributed by atoms with van der Waals surface area (Å²) in [4.78, 5) is 11.8. The molecule has 4 nitrogen and oxygen atoms in total. The second kappa shape index (κ2) is 8.03. The van der Waals surface area contributed by atoms with E-state index in [-0.39, 0.29) is 5.91 Å². The summed E-state index contributed by atoms with van der Waals surface area (Å²) in [5.74, 6) is 0.726. The van der Waals surface area contributed by atoms with Gasteiger partial charge in [0.1, 0.15) is 5.75 Å². The van der Waals surface area contributed by atoms with Crippen molar-refractivity contribution < 1.29 is 9.53 Å². The highest BCUT2D eigenvalue weighted by molar-refractivity contribution is 5.80. The van der Waals surface area contributed by atoms with Crippen LogP contribution in [0.1, 0.15) is 44.4 Å². The molecule has 0 radical (unpaired) electrons. The number of amides is 1. The Morgan fingerprint density at radius 1 is 1.19 bits per heavy atom. The Hall–Kier alpha value is -1.55. The Kier molecular flexibility index (Phi) is 6.69. The van der Waals surface area contributed by atoms with Gasteiger partial charge in [-0.05, 0) is 44.4 Å². The molecular weight excluding hydrogens is 264 g/mol. The number of ether oxygens (including phenoxy) is 1. The van der Waals surface area contributed by atoms with Crippen LogP contribution < -0.4 is 15.4 Å². The van der Waals surface area contributed by atoms with Crippen molar-refractivity contribution in [2.75, 3.05) is 6.54 Å². The number of hydrogen-bond acceptors (Lipinski definition) is 3. The van der Waals surface area contributed by atoms with E-state index in [1.165, 1.54) is 5.56 Å². The molecule has 1 rings (SSSR count). The van der Waals surface area contributed by atoms with Crippen molar-refractivity contribution in [2.24, 2.45) is 0 Å². The lowest BCUT2D eigenvalue weighted by Gasteiger charge is -2.19. The molecule has 0 aliphatic carbocycles. The topological polar surface area (TPSA) is 50.4 Å². The minimum absolute atomic E-state index is 0.0816. The summed E-state index contributed by atoms with van der Waals surface area (Å²) in [6.07, 6.45) is -0.484. The maximum absolute atomic E-state index is 11.8. The van der Waals surface area contributed by atoms with Crippen LogP contribution in [0.2, 0.25) is 0 Å². The fraction of sp³-hybridized carbons (Fsp3) is 0.588. The van der Waals surface area contributed by atoms with Gasteiger partial charge in [-0.2, -0.15) is 0 Å². The van der Waals surface area contributed by atoms with Crippen LogP contribution in [0.4, 0.5) is 0 Å². The summed E-state index contributed by atoms with van der Waals surface area (Å²) >= 11 is 0. The Bertz CT molecular complexity index is 461. The van der Waals surface area contributed by atoms with Gasteiger partial charge in [0.2, 0.25) is 0 Å². The fourth-order valence-electron chi connectivity index (χ4n) is 2.20. The summed E-state index contributed by atoms with van der Waals surface area (Å²) in [6, 6.07) is 4.68. The Morgan fingerprint density at radius 2 is 1.76 bits per heavy atom. The summed E-state index contributed by atoms with van der Waals surface area (Å²) < 4.78 is 5.84. The number of aryl methyl sites for hydroxylation is 2. The lowest BCUT2D eigenvalue weighted by atomic mass is 10.1. The number of carbonyl (C=O) groups is 1. The number of carbonyl (C=O) groups excluding carboxylic acids is 1. The zero-order chi connectivity index (χ0) is 16.0. The third-order valence-corrected chi connectivity index (χ3v) is 3.25. The van der Waals surface area contributed by atoms with Gasteiger partial charge in [-0.1, -0.05) is 26.0 Å². The number of benzene rings is 1. The van der Waals surface area contributed by atoms with E-state index in [1.54, 1.807) is 6.92 Å². The molecule has 1 atom stereocenters. The Morgan fingerprint density at radius 3 is 2.24 bits per heavy atom. The van der Waals surface area contributed by atoms with E-state index in [1.807, 2.05) is 20.8 Å². The summed E-state index contributed by atoms with van der Waals surface area (Å²) in [6.45, 7) is 13.4. The minimum atomic E-state index is -0.484. The average Bonchev–Trinajstić information content (AvgIpc) is 2.40. The Labute approximate surface area is 128 Å². The van der Waals surface area contributed by atoms with Crippen LogP contribution >= 0.6 is 0 Å². The second-order valence-corrected chi connectivity index (χ2v) is 5.75. The molecule has 0 heterocycles. The number of likely N-dealkylation sites (N-methyl/N-ethyl adjacent to an activating group) is 1. The largest absolute Gasteiger partial charge is 0.480 e. The third-order valence-electron chi connectivity index (χ3n) is 3.25. The normalized spacial score (nSPS) is 12.3. The predicted molar refractivity (Wildman–Crippen MR) is 86.7 cm³/mol. The van der Waals surface area contributed by atoms with Gasteiger partial charge in [0.05, 0.1) is 0 Å². The fourth-order valence-corrected chi connectivity index (χ4v) is 2.20. The first-order valence-electron chi connectivity index (χ1n) is 7.63. The van der Waals surface area contributed by atoms with Gasteiger partial charge in [0.15, 0.2) is 6.10 Å². The van der Waals surface area contributed by atoms with Crippen LogP contribution in [0.3, 0.4) is 0 Å². The first-order valence-corrected chi connectivity index (χ1v) is 7.63. The molecule has 0 bridgehead atoms. The molecule has 0 saturated carbocycles. The van der Waals surface area contributed by atoms with Crippen LogP contribution in [0.25, 0.3) is 0 Å². The number of rotatable bonds is 7. The van der Waals surface area contributed by atoms with E-state index in [0.29, 0.717) is 12.6 Å². The molecule has 1 amide bonds. The van der Waals surface area contributed by atoms with Gasteiger partial charge < -0.3 is 15.4 Å². The van der Waals surface area contributed by atoms with Gasteiger partial charge in [0, 0.05) is 19.1 Å². The quantitative estimate of drug-likeness (QED) is 0.812. The van der Waals surface area contributed by atoms with Gasteiger partial charge >= 0.3 is 0 Å². The van der Waals surface area contributed by atoms with E-state index in [0.717, 1.165) is 23.4 Å². The highest BCUT2D eigenvalue weighted by Crippen LogP contribution is 2.26. The molecular formula is C17H28N2O2. The molecule has 4 heteroatoms. The SMILES string of the molecule is CCNC(=O)C(C)Oc1c(C)cc(CNC(C)C)cc1C.